The zero-order chi connectivity index (χ0) is 11.1. The van der Waals surface area contributed by atoms with Crippen LogP contribution in [0.5, 0.6) is 0 Å². The number of para-hydroxylation sites is 1. The van der Waals surface area contributed by atoms with Gasteiger partial charge < -0.3 is 4.57 Å². The van der Waals surface area contributed by atoms with Crippen LogP contribution in [0.1, 0.15) is 18.7 Å². The highest BCUT2D eigenvalue weighted by Crippen LogP contribution is 2.33. The second-order valence-corrected chi connectivity index (χ2v) is 4.59. The lowest BCUT2D eigenvalue weighted by Crippen LogP contribution is -2.03. The van der Waals surface area contributed by atoms with Crippen molar-refractivity contribution in [1.82, 2.24) is 9.55 Å². The highest BCUT2D eigenvalue weighted by atomic mass is 35.5. The lowest BCUT2D eigenvalue weighted by Gasteiger charge is -2.05. The Morgan fingerprint density at radius 2 is 2.25 bits per heavy atom. The molecule has 0 aliphatic heterocycles. The van der Waals surface area contributed by atoms with Crippen molar-refractivity contribution < 1.29 is 4.39 Å². The normalized spacial score (nSPS) is 15.9. The molecule has 1 fully saturated rings. The molecular weight excluding hydrogens is 227 g/mol. The first-order valence-corrected chi connectivity index (χ1v) is 6.02. The standard InChI is InChI=1S/C12H12ClFN2/c13-6-11-15-12-9(14)2-1-3-10(12)16(11)7-8-4-5-8/h1-3,8H,4-7H2. The fourth-order valence-electron chi connectivity index (χ4n) is 2.03. The van der Waals surface area contributed by atoms with Crippen molar-refractivity contribution in [2.24, 2.45) is 5.92 Å². The van der Waals surface area contributed by atoms with Crippen LogP contribution in [-0.2, 0) is 12.4 Å². The molecule has 16 heavy (non-hydrogen) atoms. The van der Waals surface area contributed by atoms with Gasteiger partial charge in [-0.1, -0.05) is 6.07 Å². The van der Waals surface area contributed by atoms with E-state index in [1.807, 2.05) is 6.07 Å². The quantitative estimate of drug-likeness (QED) is 0.750. The highest BCUT2D eigenvalue weighted by Gasteiger charge is 2.24. The van der Waals surface area contributed by atoms with Crippen molar-refractivity contribution in [2.45, 2.75) is 25.3 Å². The number of nitrogens with zero attached hydrogens (tertiary/aromatic N) is 2. The third kappa shape index (κ3) is 1.59. The van der Waals surface area contributed by atoms with E-state index >= 15 is 0 Å². The zero-order valence-electron chi connectivity index (χ0n) is 8.79. The molecule has 1 aromatic heterocycles. The first kappa shape index (κ1) is 10.1. The summed E-state index contributed by atoms with van der Waals surface area (Å²) in [5.74, 6) is 1.57. The Bertz CT molecular complexity index is 531. The lowest BCUT2D eigenvalue weighted by atomic mass is 10.3. The number of rotatable bonds is 3. The molecule has 1 saturated carbocycles. The van der Waals surface area contributed by atoms with E-state index in [0.29, 0.717) is 11.4 Å². The van der Waals surface area contributed by atoms with Gasteiger partial charge in [0.25, 0.3) is 0 Å². The van der Waals surface area contributed by atoms with Crippen molar-refractivity contribution in [3.8, 4) is 0 Å². The van der Waals surface area contributed by atoms with Gasteiger partial charge in [0.2, 0.25) is 0 Å². The van der Waals surface area contributed by atoms with Crippen LogP contribution in [0.2, 0.25) is 0 Å². The average molecular weight is 239 g/mol. The van der Waals surface area contributed by atoms with Crippen LogP contribution in [-0.4, -0.2) is 9.55 Å². The molecule has 3 rings (SSSR count). The van der Waals surface area contributed by atoms with E-state index in [9.17, 15) is 4.39 Å². The average Bonchev–Trinajstić information content (AvgIpc) is 3.02. The molecule has 1 aliphatic rings. The van der Waals surface area contributed by atoms with Gasteiger partial charge in [-0.2, -0.15) is 0 Å². The van der Waals surface area contributed by atoms with E-state index in [0.717, 1.165) is 23.8 Å². The Kier molecular flexibility index (Phi) is 2.36. The molecule has 2 aromatic rings. The summed E-state index contributed by atoms with van der Waals surface area (Å²) in [5.41, 5.74) is 1.31. The van der Waals surface area contributed by atoms with Gasteiger partial charge in [0.15, 0.2) is 5.82 Å². The molecule has 84 valence electrons. The van der Waals surface area contributed by atoms with E-state index in [-0.39, 0.29) is 5.82 Å². The van der Waals surface area contributed by atoms with Gasteiger partial charge in [-0.15, -0.1) is 11.6 Å². The Morgan fingerprint density at radius 1 is 1.44 bits per heavy atom. The van der Waals surface area contributed by atoms with Gasteiger partial charge >= 0.3 is 0 Å². The highest BCUT2D eigenvalue weighted by molar-refractivity contribution is 6.16. The van der Waals surface area contributed by atoms with Crippen LogP contribution < -0.4 is 0 Å². The summed E-state index contributed by atoms with van der Waals surface area (Å²) in [6.45, 7) is 0.919. The van der Waals surface area contributed by atoms with E-state index in [2.05, 4.69) is 9.55 Å². The maximum absolute atomic E-state index is 13.6. The van der Waals surface area contributed by atoms with Crippen molar-refractivity contribution in [1.29, 1.82) is 0 Å². The van der Waals surface area contributed by atoms with E-state index in [1.165, 1.54) is 18.9 Å². The molecule has 2 nitrogen and oxygen atoms in total. The van der Waals surface area contributed by atoms with Crippen LogP contribution in [0.25, 0.3) is 11.0 Å². The third-order valence-corrected chi connectivity index (χ3v) is 3.30. The minimum absolute atomic E-state index is 0.265. The number of imidazole rings is 1. The second kappa shape index (κ2) is 3.74. The van der Waals surface area contributed by atoms with Gasteiger partial charge in [-0.25, -0.2) is 9.37 Å². The van der Waals surface area contributed by atoms with Gasteiger partial charge in [-0.05, 0) is 30.9 Å². The van der Waals surface area contributed by atoms with Gasteiger partial charge in [0, 0.05) is 6.54 Å². The molecule has 4 heteroatoms. The number of fused-ring (bicyclic) bond motifs is 1. The molecule has 0 unspecified atom stereocenters. The predicted molar refractivity (Wildman–Crippen MR) is 62.0 cm³/mol. The molecular formula is C12H12ClFN2. The van der Waals surface area contributed by atoms with Crippen LogP contribution in [0.15, 0.2) is 18.2 Å². The summed E-state index contributed by atoms with van der Waals surface area (Å²) < 4.78 is 15.6. The van der Waals surface area contributed by atoms with Gasteiger partial charge in [0.05, 0.1) is 11.4 Å². The summed E-state index contributed by atoms with van der Waals surface area (Å²) in [6, 6.07) is 5.07. The summed E-state index contributed by atoms with van der Waals surface area (Å²) in [6.07, 6.45) is 2.52. The molecule has 0 saturated heterocycles. The molecule has 0 atom stereocenters. The van der Waals surface area contributed by atoms with Crippen LogP contribution in [0.3, 0.4) is 0 Å². The Hall–Kier alpha value is -1.09. The molecule has 0 N–H and O–H groups in total. The molecule has 0 amide bonds. The number of hydrogen-bond acceptors (Lipinski definition) is 1. The zero-order valence-corrected chi connectivity index (χ0v) is 9.54. The van der Waals surface area contributed by atoms with E-state index in [4.69, 9.17) is 11.6 Å². The van der Waals surface area contributed by atoms with Crippen molar-refractivity contribution in [3.63, 3.8) is 0 Å². The van der Waals surface area contributed by atoms with Gasteiger partial charge in [-0.3, -0.25) is 0 Å². The van der Waals surface area contributed by atoms with E-state index < -0.39 is 0 Å². The molecule has 1 heterocycles. The van der Waals surface area contributed by atoms with Crippen molar-refractivity contribution in [2.75, 3.05) is 0 Å². The van der Waals surface area contributed by atoms with E-state index in [1.54, 1.807) is 6.07 Å². The molecule has 0 bridgehead atoms. The number of alkyl halides is 1. The fraction of sp³-hybridized carbons (Fsp3) is 0.417. The van der Waals surface area contributed by atoms with Crippen molar-refractivity contribution in [3.05, 3.63) is 29.8 Å². The lowest BCUT2D eigenvalue weighted by molar-refractivity contribution is 0.623. The van der Waals surface area contributed by atoms with Crippen molar-refractivity contribution >= 4 is 22.6 Å². The Balaban J connectivity index is 2.17. The summed E-state index contributed by atoms with van der Waals surface area (Å²) >= 11 is 5.85. The largest absolute Gasteiger partial charge is 0.327 e. The monoisotopic (exact) mass is 238 g/mol. The van der Waals surface area contributed by atoms with Crippen LogP contribution in [0.4, 0.5) is 4.39 Å². The molecule has 0 radical (unpaired) electrons. The van der Waals surface area contributed by atoms with Crippen LogP contribution in [0, 0.1) is 11.7 Å². The number of hydrogen-bond donors (Lipinski definition) is 0. The number of aromatic nitrogens is 2. The molecule has 0 spiro atoms. The maximum atomic E-state index is 13.6. The predicted octanol–water partition coefficient (Wildman–Crippen LogP) is 3.32. The fourth-order valence-corrected chi connectivity index (χ4v) is 2.23. The maximum Gasteiger partial charge on any atom is 0.151 e. The first-order valence-electron chi connectivity index (χ1n) is 5.49. The SMILES string of the molecule is Fc1cccc2c1nc(CCl)n2CC1CC1. The number of benzene rings is 1. The summed E-state index contributed by atoms with van der Waals surface area (Å²) in [7, 11) is 0. The molecule has 1 aromatic carbocycles. The van der Waals surface area contributed by atoms with Crippen LogP contribution >= 0.6 is 11.6 Å². The topological polar surface area (TPSA) is 17.8 Å². The second-order valence-electron chi connectivity index (χ2n) is 4.32. The minimum atomic E-state index is -0.265. The first-order chi connectivity index (χ1) is 7.79. The summed E-state index contributed by atoms with van der Waals surface area (Å²) in [4.78, 5) is 4.27. The Labute approximate surface area is 98.0 Å². The minimum Gasteiger partial charge on any atom is -0.327 e. The molecule has 1 aliphatic carbocycles. The Morgan fingerprint density at radius 3 is 2.94 bits per heavy atom. The smallest absolute Gasteiger partial charge is 0.151 e. The van der Waals surface area contributed by atoms with Gasteiger partial charge in [0.1, 0.15) is 11.3 Å². The number of halogens is 2. The third-order valence-electron chi connectivity index (χ3n) is 3.07. The summed E-state index contributed by atoms with van der Waals surface area (Å²) in [5, 5.41) is 0.